The predicted molar refractivity (Wildman–Crippen MR) is 102 cm³/mol. The molecule has 0 radical (unpaired) electrons. The third-order valence-electron chi connectivity index (χ3n) is 4.05. The topological polar surface area (TPSA) is 41.6 Å². The maximum Gasteiger partial charge on any atom is 0.220 e. The van der Waals surface area contributed by atoms with Crippen LogP contribution >= 0.6 is 11.6 Å². The highest BCUT2D eigenvalue weighted by molar-refractivity contribution is 6.32. The van der Waals surface area contributed by atoms with Gasteiger partial charge in [-0.2, -0.15) is 0 Å². The van der Waals surface area contributed by atoms with Gasteiger partial charge in [-0.25, -0.2) is 0 Å². The van der Waals surface area contributed by atoms with Crippen LogP contribution in [0.3, 0.4) is 0 Å². The van der Waals surface area contributed by atoms with E-state index in [-0.39, 0.29) is 11.8 Å². The van der Waals surface area contributed by atoms with Crippen molar-refractivity contribution in [3.8, 4) is 5.75 Å². The van der Waals surface area contributed by atoms with Crippen LogP contribution in [0.15, 0.2) is 48.5 Å². The molecular weight excluding hydrogens is 336 g/mol. The predicted octanol–water partition coefficient (Wildman–Crippen LogP) is 3.55. The summed E-state index contributed by atoms with van der Waals surface area (Å²) in [5, 5.41) is 3.53. The number of carbonyl (C=O) groups excluding carboxylic acids is 1. The second-order valence-corrected chi connectivity index (χ2v) is 6.62. The minimum atomic E-state index is -0.0519. The van der Waals surface area contributed by atoms with Gasteiger partial charge in [0.05, 0.1) is 12.1 Å². The Labute approximate surface area is 154 Å². The van der Waals surface area contributed by atoms with E-state index < -0.39 is 0 Å². The molecule has 0 aliphatic heterocycles. The molecule has 4 nitrogen and oxygen atoms in total. The molecule has 0 spiro atoms. The lowest BCUT2D eigenvalue weighted by Crippen LogP contribution is -2.32. The number of nitrogens with zero attached hydrogens (tertiary/aromatic N) is 1. The Morgan fingerprint density at radius 2 is 1.88 bits per heavy atom. The van der Waals surface area contributed by atoms with Crippen molar-refractivity contribution in [2.75, 3.05) is 34.3 Å². The largest absolute Gasteiger partial charge is 0.495 e. The van der Waals surface area contributed by atoms with Crippen molar-refractivity contribution in [3.63, 3.8) is 0 Å². The minimum Gasteiger partial charge on any atom is -0.495 e. The Kier molecular flexibility index (Phi) is 7.29. The molecule has 5 heteroatoms. The molecular formula is C20H25ClN2O2. The summed E-state index contributed by atoms with van der Waals surface area (Å²) in [6.07, 6.45) is 0.375. The number of likely N-dealkylation sites (N-methyl/N-ethyl adjacent to an activating group) is 1. The summed E-state index contributed by atoms with van der Waals surface area (Å²) in [4.78, 5) is 14.4. The lowest BCUT2D eigenvalue weighted by molar-refractivity contribution is -0.121. The molecule has 2 rings (SSSR count). The zero-order valence-electron chi connectivity index (χ0n) is 15.0. The number of benzene rings is 2. The molecule has 0 heterocycles. The number of hydrogen-bond acceptors (Lipinski definition) is 3. The van der Waals surface area contributed by atoms with Gasteiger partial charge in [0.25, 0.3) is 0 Å². The zero-order valence-corrected chi connectivity index (χ0v) is 15.7. The van der Waals surface area contributed by atoms with Gasteiger partial charge in [0, 0.05) is 25.4 Å². The van der Waals surface area contributed by atoms with Crippen molar-refractivity contribution in [3.05, 3.63) is 64.7 Å². The lowest BCUT2D eigenvalue weighted by atomic mass is 9.88. The van der Waals surface area contributed by atoms with Crippen LogP contribution in [0.25, 0.3) is 0 Å². The number of halogens is 1. The number of carbonyl (C=O) groups is 1. The zero-order chi connectivity index (χ0) is 18.2. The summed E-state index contributed by atoms with van der Waals surface area (Å²) in [6.45, 7) is 1.45. The van der Waals surface area contributed by atoms with E-state index in [1.165, 1.54) is 0 Å². The Bertz CT molecular complexity index is 689. The molecule has 1 amide bonds. The van der Waals surface area contributed by atoms with Crippen molar-refractivity contribution in [1.29, 1.82) is 0 Å². The van der Waals surface area contributed by atoms with Gasteiger partial charge in [-0.1, -0.05) is 48.0 Å². The molecule has 0 saturated carbocycles. The first-order valence-electron chi connectivity index (χ1n) is 8.31. The van der Waals surface area contributed by atoms with E-state index in [1.54, 1.807) is 7.11 Å². The fourth-order valence-corrected chi connectivity index (χ4v) is 2.96. The van der Waals surface area contributed by atoms with Gasteiger partial charge in [-0.3, -0.25) is 4.79 Å². The van der Waals surface area contributed by atoms with E-state index in [0.29, 0.717) is 23.7 Å². The molecule has 0 bridgehead atoms. The van der Waals surface area contributed by atoms with E-state index in [1.807, 2.05) is 67.5 Å². The normalized spacial score (nSPS) is 12.0. The average Bonchev–Trinajstić information content (AvgIpc) is 2.60. The highest BCUT2D eigenvalue weighted by atomic mass is 35.5. The van der Waals surface area contributed by atoms with E-state index in [2.05, 4.69) is 5.32 Å². The molecule has 2 aromatic carbocycles. The monoisotopic (exact) mass is 360 g/mol. The van der Waals surface area contributed by atoms with Crippen LogP contribution in [0.2, 0.25) is 5.02 Å². The molecule has 1 N–H and O–H groups in total. The summed E-state index contributed by atoms with van der Waals surface area (Å²) in [7, 11) is 5.56. The van der Waals surface area contributed by atoms with Crippen molar-refractivity contribution < 1.29 is 9.53 Å². The van der Waals surface area contributed by atoms with Crippen LogP contribution in [-0.4, -0.2) is 45.1 Å². The van der Waals surface area contributed by atoms with Gasteiger partial charge in [0.2, 0.25) is 5.91 Å². The summed E-state index contributed by atoms with van der Waals surface area (Å²) in [5.74, 6) is 0.610. The van der Waals surface area contributed by atoms with Crippen LogP contribution in [0.4, 0.5) is 0 Å². The van der Waals surface area contributed by atoms with Gasteiger partial charge in [-0.05, 0) is 37.4 Å². The lowest BCUT2D eigenvalue weighted by Gasteiger charge is -2.19. The number of nitrogens with one attached hydrogen (secondary N) is 1. The van der Waals surface area contributed by atoms with Gasteiger partial charge < -0.3 is 15.0 Å². The fraction of sp³-hybridized carbons (Fsp3) is 0.350. The van der Waals surface area contributed by atoms with Crippen LogP contribution in [-0.2, 0) is 4.79 Å². The molecule has 134 valence electrons. The van der Waals surface area contributed by atoms with E-state index in [0.717, 1.165) is 17.7 Å². The first-order chi connectivity index (χ1) is 12.0. The van der Waals surface area contributed by atoms with Gasteiger partial charge >= 0.3 is 0 Å². The van der Waals surface area contributed by atoms with Crippen LogP contribution in [0.5, 0.6) is 5.75 Å². The fourth-order valence-electron chi connectivity index (χ4n) is 2.69. The van der Waals surface area contributed by atoms with Crippen LogP contribution in [0.1, 0.15) is 23.5 Å². The highest BCUT2D eigenvalue weighted by Gasteiger charge is 2.19. The van der Waals surface area contributed by atoms with Crippen LogP contribution < -0.4 is 10.1 Å². The molecule has 0 aliphatic rings. The molecule has 25 heavy (non-hydrogen) atoms. The SMILES string of the molecule is COc1ccc(C(CC(=O)NCCN(C)C)c2ccccc2)cc1Cl. The summed E-state index contributed by atoms with van der Waals surface area (Å²) in [6, 6.07) is 15.7. The highest BCUT2D eigenvalue weighted by Crippen LogP contribution is 2.33. The summed E-state index contributed by atoms with van der Waals surface area (Å²) >= 11 is 6.28. The van der Waals surface area contributed by atoms with Crippen molar-refractivity contribution in [2.45, 2.75) is 12.3 Å². The Balaban J connectivity index is 2.19. The number of hydrogen-bond donors (Lipinski definition) is 1. The maximum atomic E-state index is 12.4. The smallest absolute Gasteiger partial charge is 0.220 e. The Morgan fingerprint density at radius 3 is 2.48 bits per heavy atom. The molecule has 0 fully saturated rings. The molecule has 0 aliphatic carbocycles. The maximum absolute atomic E-state index is 12.4. The Morgan fingerprint density at radius 1 is 1.16 bits per heavy atom. The summed E-state index contributed by atoms with van der Waals surface area (Å²) < 4.78 is 5.23. The Hall–Kier alpha value is -2.04. The van der Waals surface area contributed by atoms with Crippen molar-refractivity contribution >= 4 is 17.5 Å². The second kappa shape index (κ2) is 9.44. The third-order valence-corrected chi connectivity index (χ3v) is 4.35. The molecule has 1 unspecified atom stereocenters. The van der Waals surface area contributed by atoms with E-state index in [9.17, 15) is 4.79 Å². The minimum absolute atomic E-state index is 0.0302. The van der Waals surface area contributed by atoms with Gasteiger partial charge in [0.15, 0.2) is 0 Å². The first kappa shape index (κ1) is 19.3. The number of methoxy groups -OCH3 is 1. The number of amides is 1. The van der Waals surface area contributed by atoms with Crippen molar-refractivity contribution in [1.82, 2.24) is 10.2 Å². The van der Waals surface area contributed by atoms with E-state index >= 15 is 0 Å². The summed E-state index contributed by atoms with van der Waals surface area (Å²) in [5.41, 5.74) is 2.09. The second-order valence-electron chi connectivity index (χ2n) is 6.21. The first-order valence-corrected chi connectivity index (χ1v) is 8.69. The van der Waals surface area contributed by atoms with Gasteiger partial charge in [-0.15, -0.1) is 0 Å². The van der Waals surface area contributed by atoms with E-state index in [4.69, 9.17) is 16.3 Å². The standard InChI is InChI=1S/C20H25ClN2O2/c1-23(2)12-11-22-20(24)14-17(15-7-5-4-6-8-15)16-9-10-19(25-3)18(21)13-16/h4-10,13,17H,11-12,14H2,1-3H3,(H,22,24). The van der Waals surface area contributed by atoms with Crippen LogP contribution in [0, 0.1) is 0 Å². The molecule has 2 aromatic rings. The quantitative estimate of drug-likeness (QED) is 0.782. The molecule has 0 aromatic heterocycles. The number of ether oxygens (including phenoxy) is 1. The third kappa shape index (κ3) is 5.76. The van der Waals surface area contributed by atoms with Crippen molar-refractivity contribution in [2.24, 2.45) is 0 Å². The molecule has 0 saturated heterocycles. The number of rotatable bonds is 8. The average molecular weight is 361 g/mol. The van der Waals surface area contributed by atoms with Gasteiger partial charge in [0.1, 0.15) is 5.75 Å². The molecule has 1 atom stereocenters.